The van der Waals surface area contributed by atoms with E-state index in [9.17, 15) is 4.79 Å². The minimum absolute atomic E-state index is 0.0244. The highest BCUT2D eigenvalue weighted by atomic mass is 16.5. The number of piperidine rings is 1. The number of hydrogen-bond donors (Lipinski definition) is 0. The van der Waals surface area contributed by atoms with Gasteiger partial charge in [-0.25, -0.2) is 4.98 Å². The number of benzene rings is 1. The maximum absolute atomic E-state index is 12.8. The van der Waals surface area contributed by atoms with E-state index in [1.54, 1.807) is 0 Å². The number of aromatic nitrogens is 2. The molecule has 3 rings (SSSR count). The van der Waals surface area contributed by atoms with Crippen LogP contribution in [0.25, 0.3) is 0 Å². The van der Waals surface area contributed by atoms with E-state index in [1.165, 1.54) is 0 Å². The molecule has 1 aromatic heterocycles. The Labute approximate surface area is 154 Å². The number of amides is 1. The van der Waals surface area contributed by atoms with Crippen LogP contribution in [-0.2, 0) is 0 Å². The first-order valence-corrected chi connectivity index (χ1v) is 9.06. The first-order valence-electron chi connectivity index (χ1n) is 9.06. The van der Waals surface area contributed by atoms with Crippen LogP contribution in [0.5, 0.6) is 11.6 Å². The summed E-state index contributed by atoms with van der Waals surface area (Å²) >= 11 is 0. The van der Waals surface area contributed by atoms with Gasteiger partial charge in [0.25, 0.3) is 5.91 Å². The van der Waals surface area contributed by atoms with Gasteiger partial charge in [0.1, 0.15) is 17.7 Å². The van der Waals surface area contributed by atoms with Gasteiger partial charge in [0.15, 0.2) is 0 Å². The number of rotatable bonds is 5. The highest BCUT2D eigenvalue weighted by Gasteiger charge is 2.26. The van der Waals surface area contributed by atoms with Crippen molar-refractivity contribution in [1.82, 2.24) is 14.9 Å². The van der Waals surface area contributed by atoms with Crippen LogP contribution in [0.15, 0.2) is 30.3 Å². The minimum Gasteiger partial charge on any atom is -0.494 e. The molecular formula is C20H25N3O3. The number of hydrogen-bond acceptors (Lipinski definition) is 5. The first kappa shape index (κ1) is 18.2. The Morgan fingerprint density at radius 1 is 1.23 bits per heavy atom. The fraction of sp³-hybridized carbons (Fsp3) is 0.450. The smallest absolute Gasteiger partial charge is 0.253 e. The van der Waals surface area contributed by atoms with Crippen LogP contribution in [0, 0.1) is 13.8 Å². The van der Waals surface area contributed by atoms with E-state index >= 15 is 0 Å². The van der Waals surface area contributed by atoms with Gasteiger partial charge in [0.05, 0.1) is 13.2 Å². The lowest BCUT2D eigenvalue weighted by atomic mass is 10.1. The Morgan fingerprint density at radius 3 is 2.69 bits per heavy atom. The maximum Gasteiger partial charge on any atom is 0.253 e. The summed E-state index contributed by atoms with van der Waals surface area (Å²) in [6, 6.07) is 9.13. The zero-order valence-electron chi connectivity index (χ0n) is 15.6. The lowest BCUT2D eigenvalue weighted by molar-refractivity contribution is 0.0526. The Morgan fingerprint density at radius 2 is 2.00 bits per heavy atom. The van der Waals surface area contributed by atoms with Crippen LogP contribution < -0.4 is 9.47 Å². The Balaban J connectivity index is 1.64. The molecule has 26 heavy (non-hydrogen) atoms. The molecule has 0 radical (unpaired) electrons. The monoisotopic (exact) mass is 355 g/mol. The van der Waals surface area contributed by atoms with Crippen molar-refractivity contribution in [2.75, 3.05) is 19.7 Å². The molecule has 6 heteroatoms. The van der Waals surface area contributed by atoms with Crippen LogP contribution in [-0.4, -0.2) is 46.6 Å². The van der Waals surface area contributed by atoms with Crippen molar-refractivity contribution in [3.63, 3.8) is 0 Å². The predicted octanol–water partition coefficient (Wildman–Crippen LogP) is 3.18. The van der Waals surface area contributed by atoms with E-state index in [-0.39, 0.29) is 12.0 Å². The summed E-state index contributed by atoms with van der Waals surface area (Å²) in [5.74, 6) is 2.07. The molecule has 1 aliphatic heterocycles. The summed E-state index contributed by atoms with van der Waals surface area (Å²) in [5, 5.41) is 0. The zero-order valence-corrected chi connectivity index (χ0v) is 15.6. The van der Waals surface area contributed by atoms with Gasteiger partial charge >= 0.3 is 0 Å². The molecule has 1 fully saturated rings. The first-order chi connectivity index (χ1) is 12.5. The molecule has 6 nitrogen and oxygen atoms in total. The summed E-state index contributed by atoms with van der Waals surface area (Å²) in [6.07, 6.45) is 1.77. The number of carbonyl (C=O) groups excluding carboxylic acids is 1. The molecule has 138 valence electrons. The van der Waals surface area contributed by atoms with Crippen LogP contribution in [0.3, 0.4) is 0 Å². The van der Waals surface area contributed by atoms with Gasteiger partial charge in [-0.1, -0.05) is 0 Å². The second kappa shape index (κ2) is 8.17. The Kier molecular flexibility index (Phi) is 5.71. The minimum atomic E-state index is -0.0518. The Hall–Kier alpha value is -2.63. The van der Waals surface area contributed by atoms with Crippen molar-refractivity contribution in [3.8, 4) is 11.6 Å². The number of ether oxygens (including phenoxy) is 2. The fourth-order valence-electron chi connectivity index (χ4n) is 3.18. The van der Waals surface area contributed by atoms with Gasteiger partial charge in [-0.3, -0.25) is 4.79 Å². The van der Waals surface area contributed by atoms with Crippen LogP contribution >= 0.6 is 0 Å². The average Bonchev–Trinajstić information content (AvgIpc) is 2.61. The van der Waals surface area contributed by atoms with Gasteiger partial charge in [0.2, 0.25) is 5.88 Å². The van der Waals surface area contributed by atoms with Gasteiger partial charge in [-0.2, -0.15) is 4.98 Å². The van der Waals surface area contributed by atoms with Gasteiger partial charge in [-0.15, -0.1) is 0 Å². The molecule has 0 aliphatic carbocycles. The highest BCUT2D eigenvalue weighted by Crippen LogP contribution is 2.20. The number of likely N-dealkylation sites (tertiary alicyclic amines) is 1. The van der Waals surface area contributed by atoms with Crippen molar-refractivity contribution in [3.05, 3.63) is 47.4 Å². The molecule has 0 bridgehead atoms. The molecule has 2 aromatic rings. The van der Waals surface area contributed by atoms with Crippen molar-refractivity contribution in [2.45, 2.75) is 39.7 Å². The lowest BCUT2D eigenvalue weighted by Crippen LogP contribution is -2.44. The molecular weight excluding hydrogens is 330 g/mol. The third-order valence-corrected chi connectivity index (χ3v) is 4.31. The molecule has 0 N–H and O–H groups in total. The number of aryl methyl sites for hydroxylation is 2. The SMILES string of the molecule is CCOc1ccc(C(=O)N2CCCC(Oc3cc(C)nc(C)n3)C2)cc1. The van der Waals surface area contributed by atoms with Crippen molar-refractivity contribution >= 4 is 5.91 Å². The molecule has 0 saturated carbocycles. The van der Waals surface area contributed by atoms with Crippen LogP contribution in [0.2, 0.25) is 0 Å². The fourth-order valence-corrected chi connectivity index (χ4v) is 3.18. The van der Waals surface area contributed by atoms with Crippen molar-refractivity contribution < 1.29 is 14.3 Å². The second-order valence-corrected chi connectivity index (χ2v) is 6.49. The number of nitrogens with zero attached hydrogens (tertiary/aromatic N) is 3. The van der Waals surface area contributed by atoms with Crippen LogP contribution in [0.1, 0.15) is 41.6 Å². The predicted molar refractivity (Wildman–Crippen MR) is 98.7 cm³/mol. The highest BCUT2D eigenvalue weighted by molar-refractivity contribution is 5.94. The molecule has 0 spiro atoms. The van der Waals surface area contributed by atoms with Crippen molar-refractivity contribution in [1.29, 1.82) is 0 Å². The quantitative estimate of drug-likeness (QED) is 0.824. The topological polar surface area (TPSA) is 64.5 Å². The second-order valence-electron chi connectivity index (χ2n) is 6.49. The van der Waals surface area contributed by atoms with Crippen LogP contribution in [0.4, 0.5) is 0 Å². The third-order valence-electron chi connectivity index (χ3n) is 4.31. The lowest BCUT2D eigenvalue weighted by Gasteiger charge is -2.32. The number of carbonyl (C=O) groups is 1. The van der Waals surface area contributed by atoms with Gasteiger partial charge < -0.3 is 14.4 Å². The largest absolute Gasteiger partial charge is 0.494 e. The average molecular weight is 355 g/mol. The van der Waals surface area contributed by atoms with E-state index in [0.29, 0.717) is 30.4 Å². The summed E-state index contributed by atoms with van der Waals surface area (Å²) in [4.78, 5) is 23.2. The van der Waals surface area contributed by atoms with E-state index in [4.69, 9.17) is 9.47 Å². The Bertz CT molecular complexity index is 741. The van der Waals surface area contributed by atoms with Crippen molar-refractivity contribution in [2.24, 2.45) is 0 Å². The molecule has 1 aromatic carbocycles. The molecule has 2 heterocycles. The van der Waals surface area contributed by atoms with E-state index < -0.39 is 0 Å². The van der Waals surface area contributed by atoms with Gasteiger partial charge in [0, 0.05) is 23.9 Å². The maximum atomic E-state index is 12.8. The molecule has 1 aliphatic rings. The summed E-state index contributed by atoms with van der Waals surface area (Å²) < 4.78 is 11.5. The molecule has 1 unspecified atom stereocenters. The molecule has 1 atom stereocenters. The third kappa shape index (κ3) is 4.50. The van der Waals surface area contributed by atoms with E-state index in [1.807, 2.05) is 56.0 Å². The molecule has 1 saturated heterocycles. The summed E-state index contributed by atoms with van der Waals surface area (Å²) in [6.45, 7) is 7.63. The van der Waals surface area contributed by atoms with E-state index in [0.717, 1.165) is 30.8 Å². The summed E-state index contributed by atoms with van der Waals surface area (Å²) in [7, 11) is 0. The van der Waals surface area contributed by atoms with Gasteiger partial charge in [-0.05, 0) is 57.9 Å². The van der Waals surface area contributed by atoms with E-state index in [2.05, 4.69) is 9.97 Å². The zero-order chi connectivity index (χ0) is 18.5. The molecule has 1 amide bonds. The summed E-state index contributed by atoms with van der Waals surface area (Å²) in [5.41, 5.74) is 1.55. The normalized spacial score (nSPS) is 17.0. The standard InChI is InChI=1S/C20H25N3O3/c1-4-25-17-9-7-16(8-10-17)20(24)23-11-5-6-18(13-23)26-19-12-14(2)21-15(3)22-19/h7-10,12,18H,4-6,11,13H2,1-3H3.